The Morgan fingerprint density at radius 1 is 1.36 bits per heavy atom. The minimum absolute atomic E-state index is 0.456. The van der Waals surface area contributed by atoms with E-state index in [9.17, 15) is 0 Å². The van der Waals surface area contributed by atoms with E-state index < -0.39 is 0 Å². The van der Waals surface area contributed by atoms with Crippen LogP contribution in [-0.2, 0) is 0 Å². The highest BCUT2D eigenvalue weighted by Gasteiger charge is 2.09. The molecule has 0 bridgehead atoms. The van der Waals surface area contributed by atoms with Crippen molar-refractivity contribution in [2.24, 2.45) is 0 Å². The molecule has 5 heteroatoms. The standard InChI is InChI=1S/C9H8ClN3S/c1-5-3-2-4-6(7(5)10)8-12-13-9(11)14-8/h2-4H,1H3,(H2,11,13). The molecule has 0 amide bonds. The van der Waals surface area contributed by atoms with Crippen molar-refractivity contribution in [2.45, 2.75) is 6.92 Å². The molecule has 72 valence electrons. The summed E-state index contributed by atoms with van der Waals surface area (Å²) in [6.45, 7) is 1.95. The van der Waals surface area contributed by atoms with Gasteiger partial charge in [0.05, 0.1) is 5.02 Å². The molecule has 0 spiro atoms. The van der Waals surface area contributed by atoms with Gasteiger partial charge in [-0.05, 0) is 12.5 Å². The second-order valence-electron chi connectivity index (χ2n) is 2.88. The van der Waals surface area contributed by atoms with Gasteiger partial charge < -0.3 is 5.73 Å². The summed E-state index contributed by atoms with van der Waals surface area (Å²) in [6, 6.07) is 5.81. The van der Waals surface area contributed by atoms with Crippen LogP contribution in [0.5, 0.6) is 0 Å². The molecule has 0 atom stereocenters. The largest absolute Gasteiger partial charge is 0.374 e. The van der Waals surface area contributed by atoms with E-state index in [0.717, 1.165) is 16.1 Å². The highest BCUT2D eigenvalue weighted by atomic mass is 35.5. The molecular formula is C9H8ClN3S. The number of hydrogen-bond donors (Lipinski definition) is 1. The second-order valence-corrected chi connectivity index (χ2v) is 4.27. The fraction of sp³-hybridized carbons (Fsp3) is 0.111. The van der Waals surface area contributed by atoms with E-state index in [2.05, 4.69) is 10.2 Å². The molecule has 0 aliphatic rings. The van der Waals surface area contributed by atoms with Crippen LogP contribution in [0.25, 0.3) is 10.6 Å². The molecule has 1 aromatic heterocycles. The van der Waals surface area contributed by atoms with Crippen molar-refractivity contribution in [3.63, 3.8) is 0 Å². The zero-order chi connectivity index (χ0) is 10.1. The van der Waals surface area contributed by atoms with Crippen LogP contribution in [0.2, 0.25) is 5.02 Å². The molecule has 0 radical (unpaired) electrons. The van der Waals surface area contributed by atoms with Crippen molar-refractivity contribution in [3.8, 4) is 10.6 Å². The monoisotopic (exact) mass is 225 g/mol. The second kappa shape index (κ2) is 3.55. The first-order valence-electron chi connectivity index (χ1n) is 4.03. The Labute approximate surface area is 90.5 Å². The predicted molar refractivity (Wildman–Crippen MR) is 59.5 cm³/mol. The molecule has 3 nitrogen and oxygen atoms in total. The van der Waals surface area contributed by atoms with Gasteiger partial charge in [-0.2, -0.15) is 0 Å². The first-order valence-corrected chi connectivity index (χ1v) is 5.22. The SMILES string of the molecule is Cc1cccc(-c2nnc(N)s2)c1Cl. The zero-order valence-electron chi connectivity index (χ0n) is 7.49. The fourth-order valence-corrected chi connectivity index (χ4v) is 2.07. The van der Waals surface area contributed by atoms with Crippen LogP contribution in [0.15, 0.2) is 18.2 Å². The van der Waals surface area contributed by atoms with E-state index in [-0.39, 0.29) is 0 Å². The number of nitrogens with two attached hydrogens (primary N) is 1. The molecule has 0 aliphatic carbocycles. The Balaban J connectivity index is 2.57. The van der Waals surface area contributed by atoms with Crippen LogP contribution in [0.3, 0.4) is 0 Å². The van der Waals surface area contributed by atoms with E-state index >= 15 is 0 Å². The third kappa shape index (κ3) is 1.58. The summed E-state index contributed by atoms with van der Waals surface area (Å²) in [5, 5.41) is 9.63. The number of hydrogen-bond acceptors (Lipinski definition) is 4. The van der Waals surface area contributed by atoms with Gasteiger partial charge in [0.25, 0.3) is 0 Å². The molecule has 0 saturated heterocycles. The lowest BCUT2D eigenvalue weighted by atomic mass is 10.1. The van der Waals surface area contributed by atoms with Gasteiger partial charge in [-0.15, -0.1) is 10.2 Å². The maximum atomic E-state index is 6.14. The highest BCUT2D eigenvalue weighted by Crippen LogP contribution is 2.32. The summed E-state index contributed by atoms with van der Waals surface area (Å²) in [7, 11) is 0. The molecule has 1 aromatic carbocycles. The topological polar surface area (TPSA) is 51.8 Å². The van der Waals surface area contributed by atoms with Gasteiger partial charge in [0.1, 0.15) is 0 Å². The van der Waals surface area contributed by atoms with Gasteiger partial charge in [-0.25, -0.2) is 0 Å². The van der Waals surface area contributed by atoms with E-state index in [0.29, 0.717) is 10.2 Å². The number of benzene rings is 1. The van der Waals surface area contributed by atoms with Crippen molar-refractivity contribution in [1.82, 2.24) is 10.2 Å². The molecule has 0 fully saturated rings. The molecule has 0 aliphatic heterocycles. The van der Waals surface area contributed by atoms with E-state index in [1.54, 1.807) is 0 Å². The average molecular weight is 226 g/mol. The first kappa shape index (κ1) is 9.43. The van der Waals surface area contributed by atoms with Crippen molar-refractivity contribution in [3.05, 3.63) is 28.8 Å². The third-order valence-corrected chi connectivity index (χ3v) is 3.15. The van der Waals surface area contributed by atoms with Gasteiger partial charge in [0.15, 0.2) is 5.01 Å². The van der Waals surface area contributed by atoms with Crippen molar-refractivity contribution < 1.29 is 0 Å². The molecule has 0 saturated carbocycles. The molecule has 0 unspecified atom stereocenters. The molecule has 2 rings (SSSR count). The normalized spacial score (nSPS) is 10.4. The lowest BCUT2D eigenvalue weighted by Crippen LogP contribution is -1.82. The van der Waals surface area contributed by atoms with Crippen molar-refractivity contribution in [2.75, 3.05) is 5.73 Å². The summed E-state index contributed by atoms with van der Waals surface area (Å²) in [5.41, 5.74) is 7.42. The number of nitrogens with zero attached hydrogens (tertiary/aromatic N) is 2. The third-order valence-electron chi connectivity index (χ3n) is 1.86. The van der Waals surface area contributed by atoms with Gasteiger partial charge >= 0.3 is 0 Å². The lowest BCUT2D eigenvalue weighted by molar-refractivity contribution is 1.10. The fourth-order valence-electron chi connectivity index (χ4n) is 1.16. The Kier molecular flexibility index (Phi) is 2.39. The number of anilines is 1. The number of rotatable bonds is 1. The minimum atomic E-state index is 0.456. The number of aromatic nitrogens is 2. The summed E-state index contributed by atoms with van der Waals surface area (Å²) in [6.07, 6.45) is 0. The maximum Gasteiger partial charge on any atom is 0.203 e. The lowest BCUT2D eigenvalue weighted by Gasteiger charge is -2.01. The van der Waals surface area contributed by atoms with E-state index in [1.165, 1.54) is 11.3 Å². The van der Waals surface area contributed by atoms with Crippen LogP contribution in [0.1, 0.15) is 5.56 Å². The predicted octanol–water partition coefficient (Wildman–Crippen LogP) is 2.75. The summed E-state index contributed by atoms with van der Waals surface area (Å²) in [4.78, 5) is 0. The summed E-state index contributed by atoms with van der Waals surface area (Å²) < 4.78 is 0. The minimum Gasteiger partial charge on any atom is -0.374 e. The highest BCUT2D eigenvalue weighted by molar-refractivity contribution is 7.18. The quantitative estimate of drug-likeness (QED) is 0.812. The van der Waals surface area contributed by atoms with Crippen LogP contribution in [-0.4, -0.2) is 10.2 Å². The van der Waals surface area contributed by atoms with Crippen molar-refractivity contribution in [1.29, 1.82) is 0 Å². The Bertz CT molecular complexity index is 467. The summed E-state index contributed by atoms with van der Waals surface area (Å²) >= 11 is 7.47. The van der Waals surface area contributed by atoms with E-state index in [1.807, 2.05) is 25.1 Å². The van der Waals surface area contributed by atoms with Gasteiger partial charge in [-0.1, -0.05) is 41.1 Å². The van der Waals surface area contributed by atoms with Gasteiger partial charge in [0, 0.05) is 5.56 Å². The van der Waals surface area contributed by atoms with E-state index in [4.69, 9.17) is 17.3 Å². The molecule has 2 N–H and O–H groups in total. The smallest absolute Gasteiger partial charge is 0.203 e. The maximum absolute atomic E-state index is 6.14. The average Bonchev–Trinajstić information content (AvgIpc) is 2.57. The Morgan fingerprint density at radius 2 is 2.14 bits per heavy atom. The Hall–Kier alpha value is -1.13. The van der Waals surface area contributed by atoms with Gasteiger partial charge in [-0.3, -0.25) is 0 Å². The van der Waals surface area contributed by atoms with Crippen LogP contribution in [0, 0.1) is 6.92 Å². The first-order chi connectivity index (χ1) is 6.68. The molecule has 14 heavy (non-hydrogen) atoms. The van der Waals surface area contributed by atoms with Crippen LogP contribution < -0.4 is 5.73 Å². The Morgan fingerprint density at radius 3 is 2.79 bits per heavy atom. The molecular weight excluding hydrogens is 218 g/mol. The van der Waals surface area contributed by atoms with Crippen LogP contribution >= 0.6 is 22.9 Å². The molecule has 2 aromatic rings. The molecule has 1 heterocycles. The number of halogens is 1. The van der Waals surface area contributed by atoms with Crippen molar-refractivity contribution >= 4 is 28.1 Å². The zero-order valence-corrected chi connectivity index (χ0v) is 9.06. The number of nitrogen functional groups attached to an aromatic ring is 1. The van der Waals surface area contributed by atoms with Crippen LogP contribution in [0.4, 0.5) is 5.13 Å². The number of aryl methyl sites for hydroxylation is 1. The summed E-state index contributed by atoms with van der Waals surface area (Å²) in [5.74, 6) is 0. The van der Waals surface area contributed by atoms with Gasteiger partial charge in [0.2, 0.25) is 5.13 Å².